The number of aryl methyl sites for hydroxylation is 4. The molecule has 0 saturated carbocycles. The molecule has 0 bridgehead atoms. The van der Waals surface area contributed by atoms with Crippen LogP contribution in [0.2, 0.25) is 0 Å². The van der Waals surface area contributed by atoms with Crippen LogP contribution in [0.4, 0.5) is 26.3 Å². The average Bonchev–Trinajstić information content (AvgIpc) is 3.56. The van der Waals surface area contributed by atoms with Gasteiger partial charge >= 0.3 is 12.4 Å². The molecule has 52 heavy (non-hydrogen) atoms. The lowest BCUT2D eigenvalue weighted by Crippen LogP contribution is -2.16. The molecule has 0 aliphatic rings. The van der Waals surface area contributed by atoms with E-state index in [0.29, 0.717) is 34.2 Å². The fourth-order valence-electron chi connectivity index (χ4n) is 7.58. The molecule has 0 unspecified atom stereocenters. The molecular weight excluding hydrogens is 672 g/mol. The van der Waals surface area contributed by atoms with Gasteiger partial charge in [-0.15, -0.1) is 0 Å². The number of rotatable bonds is 3. The normalized spacial score (nSPS) is 12.4. The topological polar surface area (TPSA) is 33.6 Å². The van der Waals surface area contributed by atoms with Crippen LogP contribution < -0.4 is 0 Å². The Balaban J connectivity index is 1.71. The zero-order valence-electron chi connectivity index (χ0n) is 28.4. The lowest BCUT2D eigenvalue weighted by Gasteiger charge is -2.25. The van der Waals surface area contributed by atoms with E-state index >= 15 is 26.3 Å². The summed E-state index contributed by atoms with van der Waals surface area (Å²) in [6, 6.07) is 29.8. The molecule has 0 saturated heterocycles. The van der Waals surface area contributed by atoms with E-state index in [-0.39, 0.29) is 22.5 Å². The van der Waals surface area contributed by atoms with Crippen molar-refractivity contribution in [2.75, 3.05) is 0 Å². The van der Waals surface area contributed by atoms with Crippen LogP contribution in [0.5, 0.6) is 0 Å². The van der Waals surface area contributed by atoms with E-state index in [2.05, 4.69) is 6.07 Å². The first-order valence-corrected chi connectivity index (χ1v) is 16.5. The number of aromatic nitrogens is 2. The molecule has 3 nitrogen and oxygen atoms in total. The number of nitrogens with zero attached hydrogens (tertiary/aromatic N) is 3. The standard InChI is InChI=1S/C43H29F6N3/c1-23-8-12-28-29-13-9-24(2)17-35(29)51(34(28)16-23)38-20-27(22-50)21-39(41(38)40-32(42(44,45)46)6-5-7-33(40)43(47,48)49)52-36-18-25(3)10-14-30(36)31-15-11-26(4)19-37(31)52/h5-21H,1-4H3. The minimum absolute atomic E-state index is 0.0164. The third-order valence-corrected chi connectivity index (χ3v) is 9.79. The predicted octanol–water partition coefficient (Wildman–Crippen LogP) is 12.7. The molecule has 0 aliphatic carbocycles. The van der Waals surface area contributed by atoms with Crippen LogP contribution in [-0.4, -0.2) is 9.13 Å². The predicted molar refractivity (Wildman–Crippen MR) is 194 cm³/mol. The highest BCUT2D eigenvalue weighted by Gasteiger charge is 2.43. The average molecular weight is 702 g/mol. The maximum atomic E-state index is 15.2. The molecule has 9 heteroatoms. The Morgan fingerprint density at radius 1 is 0.462 bits per heavy atom. The molecule has 0 radical (unpaired) electrons. The van der Waals surface area contributed by atoms with Gasteiger partial charge in [0.05, 0.1) is 56.2 Å². The summed E-state index contributed by atoms with van der Waals surface area (Å²) in [5, 5.41) is 13.6. The second-order valence-corrected chi connectivity index (χ2v) is 13.5. The quantitative estimate of drug-likeness (QED) is 0.169. The minimum atomic E-state index is -5.17. The van der Waals surface area contributed by atoms with Crippen LogP contribution >= 0.6 is 0 Å². The van der Waals surface area contributed by atoms with Crippen LogP contribution in [0.15, 0.2) is 103 Å². The van der Waals surface area contributed by atoms with E-state index in [9.17, 15) is 5.26 Å². The molecular formula is C43H29F6N3. The number of hydrogen-bond acceptors (Lipinski definition) is 1. The summed E-state index contributed by atoms with van der Waals surface area (Å²) in [5.41, 5.74) is 1.59. The van der Waals surface area contributed by atoms with Crippen LogP contribution in [0.3, 0.4) is 0 Å². The van der Waals surface area contributed by atoms with Crippen LogP contribution in [0.25, 0.3) is 66.1 Å². The lowest BCUT2D eigenvalue weighted by molar-refractivity contribution is -0.142. The maximum Gasteiger partial charge on any atom is 0.417 e. The molecule has 258 valence electrons. The van der Waals surface area contributed by atoms with Gasteiger partial charge in [-0.1, -0.05) is 54.6 Å². The van der Waals surface area contributed by atoms with E-state index in [1.54, 1.807) is 9.13 Å². The number of hydrogen-bond donors (Lipinski definition) is 0. The molecule has 2 aromatic heterocycles. The number of nitriles is 1. The lowest BCUT2D eigenvalue weighted by atomic mass is 9.89. The second-order valence-electron chi connectivity index (χ2n) is 13.5. The molecule has 0 aliphatic heterocycles. The van der Waals surface area contributed by atoms with Crippen LogP contribution in [0, 0.1) is 39.0 Å². The van der Waals surface area contributed by atoms with E-state index in [1.807, 2.05) is 100 Å². The largest absolute Gasteiger partial charge is 0.417 e. The molecule has 0 atom stereocenters. The van der Waals surface area contributed by atoms with E-state index < -0.39 is 29.0 Å². The SMILES string of the molecule is Cc1ccc2c3ccc(C)cc3n(-c3cc(C#N)cc(-n4c5cc(C)ccc5c5ccc(C)cc54)c3-c3c(C(F)(F)F)cccc3C(F)(F)F)c2c1. The Morgan fingerprint density at radius 3 is 1.08 bits per heavy atom. The summed E-state index contributed by atoms with van der Waals surface area (Å²) in [7, 11) is 0. The molecule has 0 fully saturated rings. The van der Waals surface area contributed by atoms with Crippen molar-refractivity contribution in [3.8, 4) is 28.6 Å². The minimum Gasteiger partial charge on any atom is -0.308 e. The van der Waals surface area contributed by atoms with Gasteiger partial charge in [-0.3, -0.25) is 0 Å². The zero-order chi connectivity index (χ0) is 36.9. The highest BCUT2D eigenvalue weighted by atomic mass is 19.4. The Hall–Kier alpha value is -6.01. The van der Waals surface area contributed by atoms with Crippen molar-refractivity contribution in [3.63, 3.8) is 0 Å². The first kappa shape index (κ1) is 33.2. The van der Waals surface area contributed by atoms with Crippen molar-refractivity contribution < 1.29 is 26.3 Å². The Labute approximate surface area is 294 Å². The van der Waals surface area contributed by atoms with Crippen molar-refractivity contribution in [2.24, 2.45) is 0 Å². The van der Waals surface area contributed by atoms with Gasteiger partial charge in [0, 0.05) is 32.7 Å². The van der Waals surface area contributed by atoms with Gasteiger partial charge < -0.3 is 9.13 Å². The summed E-state index contributed by atoms with van der Waals surface area (Å²) in [6.45, 7) is 7.48. The highest BCUT2D eigenvalue weighted by molar-refractivity contribution is 6.12. The van der Waals surface area contributed by atoms with E-state index in [0.717, 1.165) is 49.9 Å². The second kappa shape index (κ2) is 11.5. The maximum absolute atomic E-state index is 15.2. The summed E-state index contributed by atoms with van der Waals surface area (Å²) in [4.78, 5) is 0. The number of benzene rings is 6. The van der Waals surface area contributed by atoms with Gasteiger partial charge in [-0.2, -0.15) is 31.6 Å². The monoisotopic (exact) mass is 701 g/mol. The van der Waals surface area contributed by atoms with Gasteiger partial charge in [-0.05, 0) is 98.5 Å². The fourth-order valence-corrected chi connectivity index (χ4v) is 7.58. The first-order chi connectivity index (χ1) is 24.7. The molecule has 0 N–H and O–H groups in total. The Kier molecular flexibility index (Phi) is 7.33. The van der Waals surface area contributed by atoms with Crippen molar-refractivity contribution >= 4 is 43.6 Å². The first-order valence-electron chi connectivity index (χ1n) is 16.5. The molecule has 6 aromatic carbocycles. The molecule has 0 spiro atoms. The molecule has 8 rings (SSSR count). The van der Waals surface area contributed by atoms with Gasteiger partial charge in [0.15, 0.2) is 0 Å². The number of alkyl halides is 6. The summed E-state index contributed by atoms with van der Waals surface area (Å²) >= 11 is 0. The summed E-state index contributed by atoms with van der Waals surface area (Å²) in [5.74, 6) is 0. The van der Waals surface area contributed by atoms with Crippen molar-refractivity contribution in [3.05, 3.63) is 142 Å². The van der Waals surface area contributed by atoms with Crippen molar-refractivity contribution in [2.45, 2.75) is 40.0 Å². The van der Waals surface area contributed by atoms with Crippen LogP contribution in [-0.2, 0) is 12.4 Å². The van der Waals surface area contributed by atoms with Crippen LogP contribution in [0.1, 0.15) is 38.9 Å². The third-order valence-electron chi connectivity index (χ3n) is 9.79. The summed E-state index contributed by atoms with van der Waals surface area (Å²) in [6.07, 6.45) is -10.3. The van der Waals surface area contributed by atoms with Gasteiger partial charge in [0.25, 0.3) is 0 Å². The van der Waals surface area contributed by atoms with Crippen molar-refractivity contribution in [1.82, 2.24) is 9.13 Å². The smallest absolute Gasteiger partial charge is 0.308 e. The molecule has 2 heterocycles. The Morgan fingerprint density at radius 2 is 0.788 bits per heavy atom. The number of fused-ring (bicyclic) bond motifs is 6. The molecule has 0 amide bonds. The highest BCUT2D eigenvalue weighted by Crippen LogP contribution is 2.50. The van der Waals surface area contributed by atoms with Gasteiger partial charge in [0.2, 0.25) is 0 Å². The van der Waals surface area contributed by atoms with Gasteiger partial charge in [0.1, 0.15) is 0 Å². The van der Waals surface area contributed by atoms with Crippen molar-refractivity contribution in [1.29, 1.82) is 5.26 Å². The number of halogens is 6. The Bertz CT molecular complexity index is 2530. The van der Waals surface area contributed by atoms with E-state index in [1.165, 1.54) is 12.1 Å². The summed E-state index contributed by atoms with van der Waals surface area (Å²) < 4.78 is 94.5. The molecule has 8 aromatic rings. The zero-order valence-corrected chi connectivity index (χ0v) is 28.4. The third kappa shape index (κ3) is 5.12. The van der Waals surface area contributed by atoms with E-state index in [4.69, 9.17) is 0 Å². The van der Waals surface area contributed by atoms with Gasteiger partial charge in [-0.25, -0.2) is 0 Å². The fraction of sp³-hybridized carbons (Fsp3) is 0.140.